The number of hydrogen-bond acceptors (Lipinski definition) is 4. The van der Waals surface area contributed by atoms with Crippen molar-refractivity contribution >= 4 is 11.6 Å². The highest BCUT2D eigenvalue weighted by molar-refractivity contribution is 5.96. The van der Waals surface area contributed by atoms with E-state index in [1.807, 2.05) is 25.1 Å². The predicted octanol–water partition coefficient (Wildman–Crippen LogP) is 2.03. The highest BCUT2D eigenvalue weighted by Gasteiger charge is 2.23. The van der Waals surface area contributed by atoms with Gasteiger partial charge in [-0.1, -0.05) is 18.2 Å². The predicted molar refractivity (Wildman–Crippen MR) is 75.3 cm³/mol. The number of para-hydroxylation sites is 1. The summed E-state index contributed by atoms with van der Waals surface area (Å²) in [4.78, 5) is 16.3. The van der Waals surface area contributed by atoms with Crippen molar-refractivity contribution in [2.75, 3.05) is 5.32 Å². The summed E-state index contributed by atoms with van der Waals surface area (Å²) in [5.41, 5.74) is 2.09. The Morgan fingerprint density at radius 3 is 3.10 bits per heavy atom. The Balaban J connectivity index is 1.65. The highest BCUT2D eigenvalue weighted by atomic mass is 16.4. The van der Waals surface area contributed by atoms with Crippen LogP contribution >= 0.6 is 0 Å². The number of fused-ring (bicyclic) bond motifs is 1. The number of nitrogens with zero attached hydrogens (tertiary/aromatic N) is 1. The van der Waals surface area contributed by atoms with Crippen LogP contribution in [-0.2, 0) is 17.8 Å². The molecule has 5 heteroatoms. The van der Waals surface area contributed by atoms with Crippen LogP contribution in [0, 0.1) is 6.92 Å². The minimum absolute atomic E-state index is 0.00164. The fourth-order valence-electron chi connectivity index (χ4n) is 2.40. The molecule has 20 heavy (non-hydrogen) atoms. The molecule has 1 aliphatic rings. The van der Waals surface area contributed by atoms with Gasteiger partial charge in [0, 0.05) is 5.69 Å². The lowest BCUT2D eigenvalue weighted by atomic mass is 10.1. The van der Waals surface area contributed by atoms with Gasteiger partial charge in [0.05, 0.1) is 18.8 Å². The number of carbonyl (C=O) groups excluding carboxylic acids is 1. The molecule has 1 unspecified atom stereocenters. The standard InChI is InChI=1S/C15H17N3O2/c1-10-8-17-14(20-10)9-16-13-7-6-11-4-2-3-5-12(11)18-15(13)19/h2-5,8,13,16H,6-7,9H2,1H3,(H,18,19). The van der Waals surface area contributed by atoms with Gasteiger partial charge >= 0.3 is 0 Å². The van der Waals surface area contributed by atoms with Crippen molar-refractivity contribution < 1.29 is 9.21 Å². The first-order chi connectivity index (χ1) is 9.72. The lowest BCUT2D eigenvalue weighted by Gasteiger charge is -2.13. The van der Waals surface area contributed by atoms with E-state index in [1.54, 1.807) is 6.20 Å². The monoisotopic (exact) mass is 271 g/mol. The average Bonchev–Trinajstić information content (AvgIpc) is 2.78. The Labute approximate surface area is 117 Å². The molecule has 2 N–H and O–H groups in total. The molecular weight excluding hydrogens is 254 g/mol. The van der Waals surface area contributed by atoms with E-state index in [1.165, 1.54) is 5.56 Å². The summed E-state index contributed by atoms with van der Waals surface area (Å²) < 4.78 is 5.40. The molecule has 0 radical (unpaired) electrons. The van der Waals surface area contributed by atoms with E-state index in [-0.39, 0.29) is 11.9 Å². The van der Waals surface area contributed by atoms with Crippen LogP contribution < -0.4 is 10.6 Å². The van der Waals surface area contributed by atoms with Gasteiger partial charge in [0.25, 0.3) is 0 Å². The lowest BCUT2D eigenvalue weighted by molar-refractivity contribution is -0.118. The number of rotatable bonds is 3. The maximum Gasteiger partial charge on any atom is 0.241 e. The number of aryl methyl sites for hydroxylation is 2. The molecule has 1 atom stereocenters. The first-order valence-corrected chi connectivity index (χ1v) is 6.76. The van der Waals surface area contributed by atoms with E-state index < -0.39 is 0 Å². The number of nitrogens with one attached hydrogen (secondary N) is 2. The second kappa shape index (κ2) is 5.46. The van der Waals surface area contributed by atoms with Crippen molar-refractivity contribution in [1.82, 2.24) is 10.3 Å². The van der Waals surface area contributed by atoms with Gasteiger partial charge in [0.1, 0.15) is 5.76 Å². The van der Waals surface area contributed by atoms with Crippen LogP contribution in [0.3, 0.4) is 0 Å². The van der Waals surface area contributed by atoms with Gasteiger partial charge < -0.3 is 9.73 Å². The molecule has 0 spiro atoms. The smallest absolute Gasteiger partial charge is 0.241 e. The zero-order valence-corrected chi connectivity index (χ0v) is 11.3. The number of anilines is 1. The topological polar surface area (TPSA) is 67.2 Å². The molecule has 0 saturated carbocycles. The molecular formula is C15H17N3O2. The van der Waals surface area contributed by atoms with Crippen LogP contribution in [0.25, 0.3) is 0 Å². The summed E-state index contributed by atoms with van der Waals surface area (Å²) in [5.74, 6) is 1.38. The van der Waals surface area contributed by atoms with E-state index in [4.69, 9.17) is 4.42 Å². The first-order valence-electron chi connectivity index (χ1n) is 6.76. The molecule has 5 nitrogen and oxygen atoms in total. The third-order valence-corrected chi connectivity index (χ3v) is 3.46. The van der Waals surface area contributed by atoms with Gasteiger partial charge in [-0.2, -0.15) is 0 Å². The highest BCUT2D eigenvalue weighted by Crippen LogP contribution is 2.21. The van der Waals surface area contributed by atoms with Crippen LogP contribution in [0.4, 0.5) is 5.69 Å². The molecule has 1 aromatic carbocycles. The van der Waals surface area contributed by atoms with Gasteiger partial charge in [-0.15, -0.1) is 0 Å². The van der Waals surface area contributed by atoms with Crippen LogP contribution in [0.1, 0.15) is 23.6 Å². The quantitative estimate of drug-likeness (QED) is 0.896. The number of benzene rings is 1. The van der Waals surface area contributed by atoms with Crippen molar-refractivity contribution in [3.8, 4) is 0 Å². The summed E-state index contributed by atoms with van der Waals surface area (Å²) in [5, 5.41) is 6.17. The number of carbonyl (C=O) groups is 1. The van der Waals surface area contributed by atoms with Crippen molar-refractivity contribution in [2.45, 2.75) is 32.4 Å². The maximum atomic E-state index is 12.2. The van der Waals surface area contributed by atoms with Gasteiger partial charge in [0.2, 0.25) is 11.8 Å². The zero-order valence-electron chi connectivity index (χ0n) is 11.3. The molecule has 0 saturated heterocycles. The number of amides is 1. The molecule has 0 fully saturated rings. The summed E-state index contributed by atoms with van der Waals surface area (Å²) in [6, 6.07) is 7.69. The first kappa shape index (κ1) is 12.9. The second-order valence-electron chi connectivity index (χ2n) is 4.98. The molecule has 3 rings (SSSR count). The Morgan fingerprint density at radius 2 is 2.30 bits per heavy atom. The molecule has 0 aliphatic carbocycles. The Kier molecular flexibility index (Phi) is 3.52. The molecule has 1 aliphatic heterocycles. The van der Waals surface area contributed by atoms with Crippen LogP contribution in [0.5, 0.6) is 0 Å². The minimum Gasteiger partial charge on any atom is -0.445 e. The number of hydrogen-bond donors (Lipinski definition) is 2. The van der Waals surface area contributed by atoms with Gasteiger partial charge in [-0.3, -0.25) is 10.1 Å². The number of oxazole rings is 1. The average molecular weight is 271 g/mol. The van der Waals surface area contributed by atoms with Crippen LogP contribution in [0.2, 0.25) is 0 Å². The maximum absolute atomic E-state index is 12.2. The molecule has 1 aromatic heterocycles. The fraction of sp³-hybridized carbons (Fsp3) is 0.333. The molecule has 2 heterocycles. The molecule has 1 amide bonds. The second-order valence-corrected chi connectivity index (χ2v) is 4.98. The summed E-state index contributed by atoms with van der Waals surface area (Å²) in [6.07, 6.45) is 3.32. The SMILES string of the molecule is Cc1cnc(CNC2CCc3ccccc3NC2=O)o1. The van der Waals surface area contributed by atoms with E-state index >= 15 is 0 Å². The molecule has 104 valence electrons. The Bertz CT molecular complexity index is 621. The normalized spacial score (nSPS) is 18.2. The Hall–Kier alpha value is -2.14. The summed E-state index contributed by atoms with van der Waals surface area (Å²) >= 11 is 0. The van der Waals surface area contributed by atoms with Crippen molar-refractivity contribution in [1.29, 1.82) is 0 Å². The third kappa shape index (κ3) is 2.72. The van der Waals surface area contributed by atoms with Crippen LogP contribution in [-0.4, -0.2) is 16.9 Å². The largest absolute Gasteiger partial charge is 0.445 e. The Morgan fingerprint density at radius 1 is 1.45 bits per heavy atom. The van der Waals surface area contributed by atoms with Crippen molar-refractivity contribution in [3.05, 3.63) is 47.7 Å². The zero-order chi connectivity index (χ0) is 13.9. The fourth-order valence-corrected chi connectivity index (χ4v) is 2.40. The van der Waals surface area contributed by atoms with Crippen molar-refractivity contribution in [2.24, 2.45) is 0 Å². The van der Waals surface area contributed by atoms with Gasteiger partial charge in [-0.05, 0) is 31.4 Å². The van der Waals surface area contributed by atoms with E-state index in [0.717, 1.165) is 24.3 Å². The summed E-state index contributed by atoms with van der Waals surface area (Å²) in [6.45, 7) is 2.31. The van der Waals surface area contributed by atoms with E-state index in [9.17, 15) is 4.79 Å². The third-order valence-electron chi connectivity index (χ3n) is 3.46. The van der Waals surface area contributed by atoms with Crippen molar-refractivity contribution in [3.63, 3.8) is 0 Å². The van der Waals surface area contributed by atoms with E-state index in [2.05, 4.69) is 21.7 Å². The minimum atomic E-state index is -0.227. The lowest BCUT2D eigenvalue weighted by Crippen LogP contribution is -2.39. The van der Waals surface area contributed by atoms with Gasteiger partial charge in [-0.25, -0.2) is 4.98 Å². The molecule has 2 aromatic rings. The van der Waals surface area contributed by atoms with Crippen LogP contribution in [0.15, 0.2) is 34.9 Å². The summed E-state index contributed by atoms with van der Waals surface area (Å²) in [7, 11) is 0. The molecule has 0 bridgehead atoms. The van der Waals surface area contributed by atoms with E-state index in [0.29, 0.717) is 12.4 Å². The number of aromatic nitrogens is 1. The van der Waals surface area contributed by atoms with Gasteiger partial charge in [0.15, 0.2) is 0 Å².